The molecule has 72 valence electrons. The summed E-state index contributed by atoms with van der Waals surface area (Å²) in [5.74, 6) is 6.43. The van der Waals surface area contributed by atoms with Crippen molar-refractivity contribution in [3.63, 3.8) is 0 Å². The molecule has 1 aromatic carbocycles. The third-order valence-corrected chi connectivity index (χ3v) is 1.73. The van der Waals surface area contributed by atoms with E-state index in [1.807, 2.05) is 12.1 Å². The molecule has 0 saturated heterocycles. The van der Waals surface area contributed by atoms with E-state index in [0.717, 1.165) is 11.3 Å². The monoisotopic (exact) mass is 183 g/mol. The summed E-state index contributed by atoms with van der Waals surface area (Å²) in [6.07, 6.45) is 0. The van der Waals surface area contributed by atoms with E-state index in [-0.39, 0.29) is 0 Å². The zero-order chi connectivity index (χ0) is 9.68. The van der Waals surface area contributed by atoms with E-state index in [9.17, 15) is 0 Å². The van der Waals surface area contributed by atoms with Crippen molar-refractivity contribution < 1.29 is 14.3 Å². The van der Waals surface area contributed by atoms with Crippen LogP contribution in [0.2, 0.25) is 0 Å². The Labute approximate surface area is 77.2 Å². The molecule has 0 saturated carbocycles. The summed E-state index contributed by atoms with van der Waals surface area (Å²) < 4.78 is 10.2. The highest BCUT2D eigenvalue weighted by Crippen LogP contribution is 2.24. The molecular weight excluding hydrogens is 170 g/mol. The Hall–Kier alpha value is -1.26. The Morgan fingerprint density at radius 1 is 1.23 bits per heavy atom. The molecule has 0 fully saturated rings. The average molecular weight is 183 g/mol. The van der Waals surface area contributed by atoms with Crippen LogP contribution in [0.3, 0.4) is 0 Å². The van der Waals surface area contributed by atoms with Crippen LogP contribution in [0.4, 0.5) is 0 Å². The van der Waals surface area contributed by atoms with Crippen LogP contribution in [0, 0.1) is 0 Å². The molecular formula is C9H13NO3. The maximum Gasteiger partial charge on any atom is 0.128 e. The van der Waals surface area contributed by atoms with E-state index in [2.05, 4.69) is 4.84 Å². The summed E-state index contributed by atoms with van der Waals surface area (Å²) in [4.78, 5) is 4.52. The summed E-state index contributed by atoms with van der Waals surface area (Å²) >= 11 is 0. The molecule has 0 heterocycles. The van der Waals surface area contributed by atoms with Gasteiger partial charge in [-0.1, -0.05) is 0 Å². The van der Waals surface area contributed by atoms with E-state index in [4.69, 9.17) is 15.4 Å². The molecule has 1 aromatic rings. The van der Waals surface area contributed by atoms with Crippen molar-refractivity contribution in [2.24, 2.45) is 5.90 Å². The first-order valence-electron chi connectivity index (χ1n) is 3.84. The van der Waals surface area contributed by atoms with Crippen LogP contribution in [-0.4, -0.2) is 14.2 Å². The summed E-state index contributed by atoms with van der Waals surface area (Å²) in [6.45, 7) is 0.327. The van der Waals surface area contributed by atoms with Gasteiger partial charge in [0.2, 0.25) is 0 Å². The smallest absolute Gasteiger partial charge is 0.128 e. The van der Waals surface area contributed by atoms with E-state index in [1.54, 1.807) is 20.3 Å². The molecule has 0 atom stereocenters. The first-order valence-corrected chi connectivity index (χ1v) is 3.84. The molecule has 13 heavy (non-hydrogen) atoms. The van der Waals surface area contributed by atoms with Crippen LogP contribution in [0.5, 0.6) is 11.5 Å². The second-order valence-corrected chi connectivity index (χ2v) is 2.49. The van der Waals surface area contributed by atoms with Gasteiger partial charge in [-0.15, -0.1) is 0 Å². The lowest BCUT2D eigenvalue weighted by atomic mass is 10.2. The van der Waals surface area contributed by atoms with Gasteiger partial charge in [-0.25, -0.2) is 5.90 Å². The fourth-order valence-electron chi connectivity index (χ4n) is 1.06. The third-order valence-electron chi connectivity index (χ3n) is 1.73. The van der Waals surface area contributed by atoms with Gasteiger partial charge in [0.25, 0.3) is 0 Å². The van der Waals surface area contributed by atoms with Crippen molar-refractivity contribution in [3.8, 4) is 11.5 Å². The molecule has 0 aliphatic carbocycles. The molecule has 0 bridgehead atoms. The topological polar surface area (TPSA) is 53.7 Å². The van der Waals surface area contributed by atoms with Gasteiger partial charge in [0, 0.05) is 11.6 Å². The molecule has 0 radical (unpaired) electrons. The molecule has 2 N–H and O–H groups in total. The molecule has 0 spiro atoms. The van der Waals surface area contributed by atoms with Crippen LogP contribution in [-0.2, 0) is 11.4 Å². The van der Waals surface area contributed by atoms with Crippen LogP contribution >= 0.6 is 0 Å². The number of nitrogens with two attached hydrogens (primary N) is 1. The van der Waals surface area contributed by atoms with Gasteiger partial charge in [-0.3, -0.25) is 4.84 Å². The molecule has 4 heteroatoms. The van der Waals surface area contributed by atoms with Gasteiger partial charge in [0.15, 0.2) is 0 Å². The van der Waals surface area contributed by atoms with E-state index >= 15 is 0 Å². The second-order valence-electron chi connectivity index (χ2n) is 2.49. The van der Waals surface area contributed by atoms with Crippen molar-refractivity contribution >= 4 is 0 Å². The zero-order valence-electron chi connectivity index (χ0n) is 7.74. The number of hydrogen-bond donors (Lipinski definition) is 1. The highest BCUT2D eigenvalue weighted by Gasteiger charge is 2.03. The Morgan fingerprint density at radius 3 is 2.54 bits per heavy atom. The Balaban J connectivity index is 2.93. The normalized spacial score (nSPS) is 9.77. The molecule has 0 aliphatic rings. The van der Waals surface area contributed by atoms with Crippen LogP contribution in [0.25, 0.3) is 0 Å². The number of methoxy groups -OCH3 is 2. The standard InChI is InChI=1S/C9H13NO3/c1-11-8-4-3-7(6-13-10)9(5-8)12-2/h3-5H,6,10H2,1-2H3. The maximum atomic E-state index is 5.12. The zero-order valence-corrected chi connectivity index (χ0v) is 7.74. The summed E-state index contributed by atoms with van der Waals surface area (Å²) in [6, 6.07) is 5.47. The first-order chi connectivity index (χ1) is 6.31. The van der Waals surface area contributed by atoms with Gasteiger partial charge in [-0.05, 0) is 12.1 Å². The molecule has 1 rings (SSSR count). The van der Waals surface area contributed by atoms with Gasteiger partial charge in [-0.2, -0.15) is 0 Å². The maximum absolute atomic E-state index is 5.12. The van der Waals surface area contributed by atoms with E-state index < -0.39 is 0 Å². The lowest BCUT2D eigenvalue weighted by molar-refractivity contribution is 0.122. The number of benzene rings is 1. The van der Waals surface area contributed by atoms with Crippen molar-refractivity contribution in [2.45, 2.75) is 6.61 Å². The summed E-state index contributed by atoms with van der Waals surface area (Å²) in [5, 5.41) is 0. The van der Waals surface area contributed by atoms with Gasteiger partial charge >= 0.3 is 0 Å². The Bertz CT molecular complexity index is 276. The minimum absolute atomic E-state index is 0.327. The first kappa shape index (κ1) is 9.83. The quantitative estimate of drug-likeness (QED) is 0.710. The van der Waals surface area contributed by atoms with Crippen LogP contribution < -0.4 is 15.4 Å². The predicted octanol–water partition coefficient (Wildman–Crippen LogP) is 1.09. The SMILES string of the molecule is COc1ccc(CON)c(OC)c1. The van der Waals surface area contributed by atoms with Crippen LogP contribution in [0.1, 0.15) is 5.56 Å². The largest absolute Gasteiger partial charge is 0.497 e. The van der Waals surface area contributed by atoms with Crippen molar-refractivity contribution in [1.29, 1.82) is 0 Å². The van der Waals surface area contributed by atoms with Crippen molar-refractivity contribution in [3.05, 3.63) is 23.8 Å². The van der Waals surface area contributed by atoms with Gasteiger partial charge in [0.05, 0.1) is 20.8 Å². The fourth-order valence-corrected chi connectivity index (χ4v) is 1.06. The number of ether oxygens (including phenoxy) is 2. The average Bonchev–Trinajstić information content (AvgIpc) is 2.19. The molecule has 0 aromatic heterocycles. The number of hydrogen-bond acceptors (Lipinski definition) is 4. The predicted molar refractivity (Wildman–Crippen MR) is 48.5 cm³/mol. The van der Waals surface area contributed by atoms with E-state index in [1.165, 1.54) is 0 Å². The highest BCUT2D eigenvalue weighted by atomic mass is 16.6. The molecule has 0 aliphatic heterocycles. The minimum atomic E-state index is 0.327. The lowest BCUT2D eigenvalue weighted by Gasteiger charge is -2.08. The van der Waals surface area contributed by atoms with Crippen molar-refractivity contribution in [1.82, 2.24) is 0 Å². The summed E-state index contributed by atoms with van der Waals surface area (Å²) in [5.41, 5.74) is 0.894. The number of rotatable bonds is 4. The van der Waals surface area contributed by atoms with Crippen LogP contribution in [0.15, 0.2) is 18.2 Å². The van der Waals surface area contributed by atoms with Gasteiger partial charge < -0.3 is 9.47 Å². The van der Waals surface area contributed by atoms with Crippen molar-refractivity contribution in [2.75, 3.05) is 14.2 Å². The lowest BCUT2D eigenvalue weighted by Crippen LogP contribution is -2.01. The molecule has 0 unspecified atom stereocenters. The van der Waals surface area contributed by atoms with Gasteiger partial charge in [0.1, 0.15) is 11.5 Å². The fraction of sp³-hybridized carbons (Fsp3) is 0.333. The molecule has 0 amide bonds. The minimum Gasteiger partial charge on any atom is -0.497 e. The second kappa shape index (κ2) is 4.69. The third kappa shape index (κ3) is 2.34. The highest BCUT2D eigenvalue weighted by molar-refractivity contribution is 5.40. The Kier molecular flexibility index (Phi) is 3.54. The Morgan fingerprint density at radius 2 is 2.00 bits per heavy atom. The molecule has 4 nitrogen and oxygen atoms in total. The summed E-state index contributed by atoms with van der Waals surface area (Å²) in [7, 11) is 3.20. The van der Waals surface area contributed by atoms with E-state index in [0.29, 0.717) is 12.4 Å².